The van der Waals surface area contributed by atoms with Gasteiger partial charge in [-0.2, -0.15) is 4.98 Å². The molecule has 1 aliphatic rings. The molecule has 2 heterocycles. The lowest BCUT2D eigenvalue weighted by molar-refractivity contribution is 0.101. The molecule has 1 fully saturated rings. The number of benzene rings is 1. The molecule has 2 aromatic rings. The van der Waals surface area contributed by atoms with Gasteiger partial charge in [0.2, 0.25) is 11.7 Å². The van der Waals surface area contributed by atoms with Gasteiger partial charge < -0.3 is 9.84 Å². The van der Waals surface area contributed by atoms with Crippen LogP contribution < -0.4 is 5.32 Å². The van der Waals surface area contributed by atoms with Gasteiger partial charge in [0.05, 0.1) is 5.92 Å². The third-order valence-electron chi connectivity index (χ3n) is 3.40. The summed E-state index contributed by atoms with van der Waals surface area (Å²) in [5.74, 6) is 1.64. The Morgan fingerprint density at radius 3 is 2.79 bits per heavy atom. The van der Waals surface area contributed by atoms with Crippen molar-refractivity contribution in [2.24, 2.45) is 0 Å². The second-order valence-electron chi connectivity index (χ2n) is 4.78. The van der Waals surface area contributed by atoms with Crippen LogP contribution in [-0.4, -0.2) is 29.0 Å². The first-order valence-corrected chi connectivity index (χ1v) is 6.40. The van der Waals surface area contributed by atoms with Gasteiger partial charge in [-0.15, -0.1) is 0 Å². The molecule has 1 atom stereocenters. The standard InChI is InChI=1S/C14H15N3O2/c1-9(18)10-2-4-11(5-3-10)13-16-14(19-17-13)12-6-7-15-8-12/h2-5,12,15H,6-8H2,1H3. The first-order valence-electron chi connectivity index (χ1n) is 6.40. The Bertz CT molecular complexity index is 583. The molecule has 98 valence electrons. The Hall–Kier alpha value is -2.01. The van der Waals surface area contributed by atoms with E-state index in [1.165, 1.54) is 0 Å². The summed E-state index contributed by atoms with van der Waals surface area (Å²) in [5.41, 5.74) is 1.55. The summed E-state index contributed by atoms with van der Waals surface area (Å²) < 4.78 is 5.31. The van der Waals surface area contributed by atoms with E-state index in [-0.39, 0.29) is 5.78 Å². The Balaban J connectivity index is 1.83. The second kappa shape index (κ2) is 4.93. The van der Waals surface area contributed by atoms with Crippen LogP contribution in [0.4, 0.5) is 0 Å². The third-order valence-corrected chi connectivity index (χ3v) is 3.40. The van der Waals surface area contributed by atoms with Gasteiger partial charge >= 0.3 is 0 Å². The van der Waals surface area contributed by atoms with E-state index in [0.717, 1.165) is 25.1 Å². The first kappa shape index (κ1) is 12.0. The monoisotopic (exact) mass is 257 g/mol. The third kappa shape index (κ3) is 2.42. The van der Waals surface area contributed by atoms with Crippen LogP contribution in [0.2, 0.25) is 0 Å². The SMILES string of the molecule is CC(=O)c1ccc(-c2noc(C3CCNC3)n2)cc1. The molecule has 1 saturated heterocycles. The summed E-state index contributed by atoms with van der Waals surface area (Å²) >= 11 is 0. The van der Waals surface area contributed by atoms with Crippen molar-refractivity contribution in [1.82, 2.24) is 15.5 Å². The van der Waals surface area contributed by atoms with Crippen LogP contribution in [0.1, 0.15) is 35.5 Å². The lowest BCUT2D eigenvalue weighted by Gasteiger charge is -1.99. The second-order valence-corrected chi connectivity index (χ2v) is 4.78. The van der Waals surface area contributed by atoms with Crippen molar-refractivity contribution in [2.45, 2.75) is 19.3 Å². The molecule has 1 unspecified atom stereocenters. The zero-order chi connectivity index (χ0) is 13.2. The number of hydrogen-bond donors (Lipinski definition) is 1. The van der Waals surface area contributed by atoms with Gasteiger partial charge in [0.25, 0.3) is 0 Å². The normalized spacial score (nSPS) is 18.7. The predicted molar refractivity (Wildman–Crippen MR) is 70.0 cm³/mol. The summed E-state index contributed by atoms with van der Waals surface area (Å²) in [6.45, 7) is 3.44. The lowest BCUT2D eigenvalue weighted by Crippen LogP contribution is -2.08. The fourth-order valence-electron chi connectivity index (χ4n) is 2.24. The van der Waals surface area contributed by atoms with E-state index in [0.29, 0.717) is 23.2 Å². The first-order chi connectivity index (χ1) is 9.24. The molecule has 3 rings (SSSR count). The van der Waals surface area contributed by atoms with Crippen LogP contribution in [0, 0.1) is 0 Å². The highest BCUT2D eigenvalue weighted by Crippen LogP contribution is 2.24. The molecule has 0 radical (unpaired) electrons. The zero-order valence-electron chi connectivity index (χ0n) is 10.7. The van der Waals surface area contributed by atoms with Crippen LogP contribution in [-0.2, 0) is 0 Å². The smallest absolute Gasteiger partial charge is 0.231 e. The van der Waals surface area contributed by atoms with Gasteiger partial charge in [-0.25, -0.2) is 0 Å². The van der Waals surface area contributed by atoms with Crippen LogP contribution in [0.3, 0.4) is 0 Å². The van der Waals surface area contributed by atoms with Gasteiger partial charge in [0, 0.05) is 17.7 Å². The van der Waals surface area contributed by atoms with Crippen LogP contribution >= 0.6 is 0 Å². The topological polar surface area (TPSA) is 68.0 Å². The number of Topliss-reactive ketones (excluding diaryl/α,β-unsaturated/α-hetero) is 1. The minimum Gasteiger partial charge on any atom is -0.339 e. The molecule has 0 spiro atoms. The Morgan fingerprint density at radius 1 is 1.37 bits per heavy atom. The summed E-state index contributed by atoms with van der Waals surface area (Å²) in [5, 5.41) is 7.28. The number of nitrogens with one attached hydrogen (secondary N) is 1. The number of carbonyl (C=O) groups excluding carboxylic acids is 1. The summed E-state index contributed by atoms with van der Waals surface area (Å²) in [6.07, 6.45) is 1.03. The highest BCUT2D eigenvalue weighted by Gasteiger charge is 2.22. The van der Waals surface area contributed by atoms with E-state index in [1.807, 2.05) is 12.1 Å². The molecule has 0 bridgehead atoms. The van der Waals surface area contributed by atoms with Crippen molar-refractivity contribution >= 4 is 5.78 Å². The molecule has 5 nitrogen and oxygen atoms in total. The van der Waals surface area contributed by atoms with E-state index in [1.54, 1.807) is 19.1 Å². The van der Waals surface area contributed by atoms with Crippen molar-refractivity contribution in [3.8, 4) is 11.4 Å². The molecule has 5 heteroatoms. The average molecular weight is 257 g/mol. The van der Waals surface area contributed by atoms with Gasteiger partial charge in [0.15, 0.2) is 5.78 Å². The fourth-order valence-corrected chi connectivity index (χ4v) is 2.24. The Morgan fingerprint density at radius 2 is 2.16 bits per heavy atom. The number of nitrogens with zero attached hydrogens (tertiary/aromatic N) is 2. The highest BCUT2D eigenvalue weighted by molar-refractivity contribution is 5.94. The molecular weight excluding hydrogens is 242 g/mol. The van der Waals surface area contributed by atoms with Gasteiger partial charge in [0.1, 0.15) is 0 Å². The number of ketones is 1. The van der Waals surface area contributed by atoms with E-state index < -0.39 is 0 Å². The fraction of sp³-hybridized carbons (Fsp3) is 0.357. The van der Waals surface area contributed by atoms with Crippen molar-refractivity contribution in [1.29, 1.82) is 0 Å². The van der Waals surface area contributed by atoms with Crippen LogP contribution in [0.15, 0.2) is 28.8 Å². The molecule has 0 aliphatic carbocycles. The maximum atomic E-state index is 11.2. The molecule has 0 amide bonds. The quantitative estimate of drug-likeness (QED) is 0.852. The Labute approximate surface area is 111 Å². The molecule has 1 N–H and O–H groups in total. The van der Waals surface area contributed by atoms with Crippen LogP contribution in [0.5, 0.6) is 0 Å². The Kier molecular flexibility index (Phi) is 3.13. The number of aromatic nitrogens is 2. The number of hydrogen-bond acceptors (Lipinski definition) is 5. The molecule has 1 aliphatic heterocycles. The zero-order valence-corrected chi connectivity index (χ0v) is 10.7. The van der Waals surface area contributed by atoms with E-state index in [9.17, 15) is 4.79 Å². The largest absolute Gasteiger partial charge is 0.339 e. The van der Waals surface area contributed by atoms with Gasteiger partial charge in [-0.3, -0.25) is 4.79 Å². The molecule has 1 aromatic heterocycles. The summed E-state index contributed by atoms with van der Waals surface area (Å²) in [6, 6.07) is 7.26. The van der Waals surface area contributed by atoms with E-state index in [4.69, 9.17) is 4.52 Å². The molecule has 1 aromatic carbocycles. The molecule has 19 heavy (non-hydrogen) atoms. The van der Waals surface area contributed by atoms with Gasteiger partial charge in [-0.1, -0.05) is 29.4 Å². The van der Waals surface area contributed by atoms with Crippen molar-refractivity contribution in [3.05, 3.63) is 35.7 Å². The molecular formula is C14H15N3O2. The van der Waals surface area contributed by atoms with Crippen molar-refractivity contribution in [2.75, 3.05) is 13.1 Å². The van der Waals surface area contributed by atoms with Crippen LogP contribution in [0.25, 0.3) is 11.4 Å². The molecule has 0 saturated carbocycles. The maximum absolute atomic E-state index is 11.2. The summed E-state index contributed by atoms with van der Waals surface area (Å²) in [7, 11) is 0. The van der Waals surface area contributed by atoms with E-state index >= 15 is 0 Å². The number of carbonyl (C=O) groups is 1. The maximum Gasteiger partial charge on any atom is 0.231 e. The lowest BCUT2D eigenvalue weighted by atomic mass is 10.1. The number of rotatable bonds is 3. The highest BCUT2D eigenvalue weighted by atomic mass is 16.5. The summed E-state index contributed by atoms with van der Waals surface area (Å²) in [4.78, 5) is 15.6. The predicted octanol–water partition coefficient (Wildman–Crippen LogP) is 2.02. The minimum absolute atomic E-state index is 0.0531. The van der Waals surface area contributed by atoms with E-state index in [2.05, 4.69) is 15.5 Å². The average Bonchev–Trinajstić information content (AvgIpc) is 3.10. The van der Waals surface area contributed by atoms with Crippen molar-refractivity contribution < 1.29 is 9.32 Å². The van der Waals surface area contributed by atoms with Crippen molar-refractivity contribution in [3.63, 3.8) is 0 Å². The minimum atomic E-state index is 0.0531. The van der Waals surface area contributed by atoms with Gasteiger partial charge in [-0.05, 0) is 19.9 Å².